The molecular weight excluding hydrogens is 238 g/mol. The van der Waals surface area contributed by atoms with Crippen molar-refractivity contribution >= 4 is 11.6 Å². The third-order valence-electron chi connectivity index (χ3n) is 3.79. The molecule has 0 amide bonds. The quantitative estimate of drug-likeness (QED) is 0.880. The van der Waals surface area contributed by atoms with Gasteiger partial charge in [0.05, 0.1) is 0 Å². The molecule has 0 radical (unpaired) electrons. The van der Waals surface area contributed by atoms with Crippen molar-refractivity contribution in [1.82, 2.24) is 14.9 Å². The van der Waals surface area contributed by atoms with Crippen LogP contribution in [-0.2, 0) is 0 Å². The van der Waals surface area contributed by atoms with Crippen molar-refractivity contribution in [1.29, 1.82) is 0 Å². The Balaban J connectivity index is 2.37. The van der Waals surface area contributed by atoms with E-state index in [1.807, 2.05) is 0 Å². The van der Waals surface area contributed by atoms with E-state index < -0.39 is 0 Å². The summed E-state index contributed by atoms with van der Waals surface area (Å²) in [5, 5.41) is 0. The Morgan fingerprint density at radius 1 is 1.32 bits per heavy atom. The highest BCUT2D eigenvalue weighted by Gasteiger charge is 2.25. The molecule has 0 aliphatic carbocycles. The van der Waals surface area contributed by atoms with Crippen LogP contribution in [0.25, 0.3) is 0 Å². The standard InChI is InChI=1S/C14H25N5/c1-10(2)12-13(15)16-9-17-14(12)19-7-5-6-18(4)8-11(19)3/h9-11H,5-8H2,1-4H3,(H2,15,16,17). The summed E-state index contributed by atoms with van der Waals surface area (Å²) in [6, 6.07) is 0.444. The van der Waals surface area contributed by atoms with E-state index in [0.717, 1.165) is 37.4 Å². The summed E-state index contributed by atoms with van der Waals surface area (Å²) in [6.45, 7) is 9.77. The van der Waals surface area contributed by atoms with Crippen molar-refractivity contribution in [3.63, 3.8) is 0 Å². The van der Waals surface area contributed by atoms with Crippen LogP contribution in [0.15, 0.2) is 6.33 Å². The molecule has 2 N–H and O–H groups in total. The molecule has 0 bridgehead atoms. The Kier molecular flexibility index (Phi) is 4.24. The molecular formula is C14H25N5. The third-order valence-corrected chi connectivity index (χ3v) is 3.79. The molecule has 1 aromatic heterocycles. The van der Waals surface area contributed by atoms with E-state index in [0.29, 0.717) is 17.8 Å². The lowest BCUT2D eigenvalue weighted by Gasteiger charge is -2.31. The van der Waals surface area contributed by atoms with Crippen LogP contribution in [0.4, 0.5) is 11.6 Å². The Labute approximate surface area is 115 Å². The van der Waals surface area contributed by atoms with Gasteiger partial charge < -0.3 is 15.5 Å². The molecule has 2 rings (SSSR count). The average molecular weight is 263 g/mol. The Morgan fingerprint density at radius 2 is 2.05 bits per heavy atom. The van der Waals surface area contributed by atoms with E-state index in [-0.39, 0.29) is 0 Å². The predicted molar refractivity (Wildman–Crippen MR) is 79.5 cm³/mol. The number of nitrogens with zero attached hydrogens (tertiary/aromatic N) is 4. The minimum Gasteiger partial charge on any atom is -0.383 e. The monoisotopic (exact) mass is 263 g/mol. The molecule has 0 saturated carbocycles. The van der Waals surface area contributed by atoms with E-state index in [2.05, 4.69) is 47.6 Å². The van der Waals surface area contributed by atoms with Crippen molar-refractivity contribution in [2.24, 2.45) is 0 Å². The third kappa shape index (κ3) is 2.97. The zero-order valence-electron chi connectivity index (χ0n) is 12.4. The molecule has 5 heteroatoms. The van der Waals surface area contributed by atoms with Crippen LogP contribution in [0.2, 0.25) is 0 Å². The fourth-order valence-electron chi connectivity index (χ4n) is 2.87. The van der Waals surface area contributed by atoms with E-state index in [4.69, 9.17) is 5.73 Å². The fourth-order valence-corrected chi connectivity index (χ4v) is 2.87. The summed E-state index contributed by atoms with van der Waals surface area (Å²) < 4.78 is 0. The number of likely N-dealkylation sites (N-methyl/N-ethyl adjacent to an activating group) is 1. The summed E-state index contributed by atoms with van der Waals surface area (Å²) in [4.78, 5) is 13.4. The van der Waals surface area contributed by atoms with Crippen molar-refractivity contribution in [3.8, 4) is 0 Å². The van der Waals surface area contributed by atoms with Crippen LogP contribution in [0.1, 0.15) is 38.7 Å². The van der Waals surface area contributed by atoms with Gasteiger partial charge in [0.2, 0.25) is 0 Å². The number of nitrogens with two attached hydrogens (primary N) is 1. The summed E-state index contributed by atoms with van der Waals surface area (Å²) in [6.07, 6.45) is 2.74. The lowest BCUT2D eigenvalue weighted by Crippen LogP contribution is -2.39. The molecule has 1 fully saturated rings. The molecule has 106 valence electrons. The lowest BCUT2D eigenvalue weighted by atomic mass is 10.0. The SMILES string of the molecule is CC(C)c1c(N)ncnc1N1CCCN(C)CC1C. The Bertz CT molecular complexity index is 432. The Hall–Kier alpha value is -1.36. The zero-order chi connectivity index (χ0) is 14.0. The molecule has 1 aromatic rings. The van der Waals surface area contributed by atoms with Gasteiger partial charge in [-0.05, 0) is 32.9 Å². The molecule has 0 aromatic carbocycles. The van der Waals surface area contributed by atoms with E-state index in [1.54, 1.807) is 6.33 Å². The number of anilines is 2. The highest BCUT2D eigenvalue weighted by atomic mass is 15.3. The second-order valence-corrected chi connectivity index (χ2v) is 5.81. The van der Waals surface area contributed by atoms with E-state index in [9.17, 15) is 0 Å². The van der Waals surface area contributed by atoms with Crippen molar-refractivity contribution in [2.45, 2.75) is 39.2 Å². The van der Waals surface area contributed by atoms with Crippen LogP contribution >= 0.6 is 0 Å². The summed E-state index contributed by atoms with van der Waals surface area (Å²) in [5.74, 6) is 1.97. The van der Waals surface area contributed by atoms with Crippen LogP contribution in [-0.4, -0.2) is 47.6 Å². The highest BCUT2D eigenvalue weighted by Crippen LogP contribution is 2.30. The van der Waals surface area contributed by atoms with Crippen molar-refractivity contribution < 1.29 is 0 Å². The first kappa shape index (κ1) is 14.1. The van der Waals surface area contributed by atoms with Crippen LogP contribution < -0.4 is 10.6 Å². The number of rotatable bonds is 2. The minimum absolute atomic E-state index is 0.337. The van der Waals surface area contributed by atoms with E-state index in [1.165, 1.54) is 0 Å². The fraction of sp³-hybridized carbons (Fsp3) is 0.714. The van der Waals surface area contributed by atoms with Gasteiger partial charge in [-0.25, -0.2) is 9.97 Å². The van der Waals surface area contributed by atoms with Crippen LogP contribution in [0, 0.1) is 0 Å². The van der Waals surface area contributed by atoms with Gasteiger partial charge in [0.1, 0.15) is 18.0 Å². The topological polar surface area (TPSA) is 58.3 Å². The zero-order valence-corrected chi connectivity index (χ0v) is 12.4. The largest absolute Gasteiger partial charge is 0.383 e. The Morgan fingerprint density at radius 3 is 2.74 bits per heavy atom. The molecule has 1 unspecified atom stereocenters. The van der Waals surface area contributed by atoms with Gasteiger partial charge >= 0.3 is 0 Å². The van der Waals surface area contributed by atoms with E-state index >= 15 is 0 Å². The van der Waals surface area contributed by atoms with Gasteiger partial charge in [0.25, 0.3) is 0 Å². The molecule has 2 heterocycles. The smallest absolute Gasteiger partial charge is 0.137 e. The van der Waals surface area contributed by atoms with Crippen LogP contribution in [0.5, 0.6) is 0 Å². The number of nitrogen functional groups attached to an aromatic ring is 1. The molecule has 1 aliphatic rings. The molecule has 0 spiro atoms. The van der Waals surface area contributed by atoms with Crippen LogP contribution in [0.3, 0.4) is 0 Å². The first-order chi connectivity index (χ1) is 9.00. The van der Waals surface area contributed by atoms with Gasteiger partial charge in [-0.3, -0.25) is 0 Å². The molecule has 5 nitrogen and oxygen atoms in total. The lowest BCUT2D eigenvalue weighted by molar-refractivity contribution is 0.337. The van der Waals surface area contributed by atoms with Gasteiger partial charge in [0, 0.05) is 24.7 Å². The van der Waals surface area contributed by atoms with Crippen molar-refractivity contribution in [3.05, 3.63) is 11.9 Å². The minimum atomic E-state index is 0.337. The summed E-state index contributed by atoms with van der Waals surface area (Å²) in [5.41, 5.74) is 7.13. The van der Waals surface area contributed by atoms with Crippen molar-refractivity contribution in [2.75, 3.05) is 37.3 Å². The number of hydrogen-bond acceptors (Lipinski definition) is 5. The first-order valence-electron chi connectivity index (χ1n) is 7.06. The maximum atomic E-state index is 6.05. The second kappa shape index (κ2) is 5.74. The maximum absolute atomic E-state index is 6.05. The van der Waals surface area contributed by atoms with Gasteiger partial charge in [-0.2, -0.15) is 0 Å². The number of aromatic nitrogens is 2. The van der Waals surface area contributed by atoms with Gasteiger partial charge in [-0.15, -0.1) is 0 Å². The number of hydrogen-bond donors (Lipinski definition) is 1. The summed E-state index contributed by atoms with van der Waals surface area (Å²) in [7, 11) is 2.18. The highest BCUT2D eigenvalue weighted by molar-refractivity contribution is 5.58. The first-order valence-corrected chi connectivity index (χ1v) is 7.06. The molecule has 1 saturated heterocycles. The maximum Gasteiger partial charge on any atom is 0.137 e. The predicted octanol–water partition coefficient (Wildman–Crippen LogP) is 1.71. The van der Waals surface area contributed by atoms with Gasteiger partial charge in [0.15, 0.2) is 0 Å². The molecule has 19 heavy (non-hydrogen) atoms. The molecule has 1 aliphatic heterocycles. The average Bonchev–Trinajstić information content (AvgIpc) is 2.49. The normalized spacial score (nSPS) is 21.7. The summed E-state index contributed by atoms with van der Waals surface area (Å²) >= 11 is 0. The second-order valence-electron chi connectivity index (χ2n) is 5.81. The van der Waals surface area contributed by atoms with Gasteiger partial charge in [-0.1, -0.05) is 13.8 Å². The molecule has 1 atom stereocenters.